The summed E-state index contributed by atoms with van der Waals surface area (Å²) in [6, 6.07) is 41.8. The average Bonchev–Trinajstić information content (AvgIpc) is 2.90. The van der Waals surface area contributed by atoms with Gasteiger partial charge in [-0.1, -0.05) is 42.5 Å². The van der Waals surface area contributed by atoms with Crippen LogP contribution in [-0.4, -0.2) is 6.29 Å². The molecule has 0 aliphatic heterocycles. The Kier molecular flexibility index (Phi) is 3.87. The van der Waals surface area contributed by atoms with E-state index in [2.05, 4.69) is 103 Å². The normalized spacial score (nSPS) is 12.0. The molecule has 0 saturated carbocycles. The van der Waals surface area contributed by atoms with E-state index in [1.807, 2.05) is 12.1 Å². The van der Waals surface area contributed by atoms with Crippen LogP contribution in [-0.2, 0) is 0 Å². The molecule has 1 nitrogen and oxygen atoms in total. The first-order chi connectivity index (χ1) is 17.7. The molecule has 0 aromatic heterocycles. The Morgan fingerprint density at radius 2 is 0.667 bits per heavy atom. The van der Waals surface area contributed by atoms with Crippen LogP contribution in [0.3, 0.4) is 0 Å². The summed E-state index contributed by atoms with van der Waals surface area (Å²) in [6.07, 6.45) is 0.945. The van der Waals surface area contributed by atoms with Crippen LogP contribution in [0.5, 0.6) is 0 Å². The van der Waals surface area contributed by atoms with Gasteiger partial charge in [0.05, 0.1) is 0 Å². The molecule has 0 heterocycles. The summed E-state index contributed by atoms with van der Waals surface area (Å²) in [5, 5.41) is 17.0. The van der Waals surface area contributed by atoms with Crippen LogP contribution in [0.2, 0.25) is 0 Å². The Bertz CT molecular complexity index is 2220. The molecule has 0 atom stereocenters. The van der Waals surface area contributed by atoms with E-state index in [1.165, 1.54) is 59.2 Å². The average molecular weight is 457 g/mol. The van der Waals surface area contributed by atoms with Crippen LogP contribution < -0.4 is 0 Å². The van der Waals surface area contributed by atoms with E-state index in [0.29, 0.717) is 0 Å². The van der Waals surface area contributed by atoms with Crippen molar-refractivity contribution in [2.24, 2.45) is 0 Å². The van der Waals surface area contributed by atoms with Crippen molar-refractivity contribution in [1.29, 1.82) is 0 Å². The largest absolute Gasteiger partial charge is 0.298 e. The number of rotatable bonds is 1. The maximum Gasteiger partial charge on any atom is 0.150 e. The van der Waals surface area contributed by atoms with E-state index in [0.717, 1.165) is 28.0 Å². The summed E-state index contributed by atoms with van der Waals surface area (Å²) in [5.41, 5.74) is 0.736. The van der Waals surface area contributed by atoms with Crippen molar-refractivity contribution in [1.82, 2.24) is 0 Å². The summed E-state index contributed by atoms with van der Waals surface area (Å²) >= 11 is 0. The topological polar surface area (TPSA) is 17.1 Å². The van der Waals surface area contributed by atoms with Gasteiger partial charge < -0.3 is 0 Å². The first-order valence-electron chi connectivity index (χ1n) is 12.3. The Hall–Kier alpha value is -4.75. The fraction of sp³-hybridized carbons (Fsp3) is 0. The lowest BCUT2D eigenvalue weighted by Crippen LogP contribution is -1.85. The molecular formula is C35H20O. The lowest BCUT2D eigenvalue weighted by molar-refractivity contribution is 0.112. The third-order valence-electron chi connectivity index (χ3n) is 7.68. The van der Waals surface area contributed by atoms with Gasteiger partial charge in [0, 0.05) is 5.56 Å². The van der Waals surface area contributed by atoms with Gasteiger partial charge in [0.1, 0.15) is 0 Å². The molecule has 0 unspecified atom stereocenters. The van der Waals surface area contributed by atoms with Gasteiger partial charge in [-0.3, -0.25) is 4.79 Å². The first kappa shape index (κ1) is 19.5. The Morgan fingerprint density at radius 1 is 0.333 bits per heavy atom. The maximum absolute atomic E-state index is 11.6. The van der Waals surface area contributed by atoms with E-state index in [9.17, 15) is 4.79 Å². The lowest BCUT2D eigenvalue weighted by Gasteiger charge is -2.10. The highest BCUT2D eigenvalue weighted by molar-refractivity contribution is 6.13. The zero-order chi connectivity index (χ0) is 23.8. The highest BCUT2D eigenvalue weighted by Crippen LogP contribution is 2.34. The van der Waals surface area contributed by atoms with Gasteiger partial charge >= 0.3 is 0 Å². The quantitative estimate of drug-likeness (QED) is 0.177. The minimum absolute atomic E-state index is 0.736. The molecule has 166 valence electrons. The summed E-state index contributed by atoms with van der Waals surface area (Å²) in [6.45, 7) is 0. The second-order valence-electron chi connectivity index (χ2n) is 9.88. The van der Waals surface area contributed by atoms with E-state index in [1.54, 1.807) is 0 Å². The second-order valence-corrected chi connectivity index (χ2v) is 9.88. The number of benzene rings is 8. The number of aldehydes is 1. The van der Waals surface area contributed by atoms with Crippen molar-refractivity contribution in [3.8, 4) is 0 Å². The van der Waals surface area contributed by atoms with Crippen molar-refractivity contribution >= 4 is 81.7 Å². The van der Waals surface area contributed by atoms with Crippen LogP contribution in [0, 0.1) is 0 Å². The summed E-state index contributed by atoms with van der Waals surface area (Å²) < 4.78 is 0. The predicted octanol–water partition coefficient (Wildman–Crippen LogP) is 9.57. The number of carbonyl (C=O) groups excluding carboxylic acids is 1. The Labute approximate surface area is 207 Å². The minimum Gasteiger partial charge on any atom is -0.298 e. The predicted molar refractivity (Wildman–Crippen MR) is 154 cm³/mol. The van der Waals surface area contributed by atoms with E-state index >= 15 is 0 Å². The standard InChI is InChI=1S/C35H20O/c36-20-24-7-3-6-23-10-27-13-30-16-31-14-28-11-25-8-21-4-1-2-5-22(21)9-26(25)12-29(28)15-32(31)17-33(30)18-34(27)19-35(23)24/h1-20H. The smallest absolute Gasteiger partial charge is 0.150 e. The summed E-state index contributed by atoms with van der Waals surface area (Å²) in [5.74, 6) is 0. The van der Waals surface area contributed by atoms with Crippen LogP contribution in [0.25, 0.3) is 75.4 Å². The van der Waals surface area contributed by atoms with Crippen LogP contribution in [0.4, 0.5) is 0 Å². The van der Waals surface area contributed by atoms with Gasteiger partial charge in [0.15, 0.2) is 6.29 Å². The van der Waals surface area contributed by atoms with E-state index < -0.39 is 0 Å². The van der Waals surface area contributed by atoms with Gasteiger partial charge in [-0.2, -0.15) is 0 Å². The fourth-order valence-corrected chi connectivity index (χ4v) is 5.85. The molecule has 0 saturated heterocycles. The molecule has 1 heteroatoms. The Balaban J connectivity index is 1.39. The SMILES string of the molecule is O=Cc1cccc2cc3cc4cc5cc6cc7cc8ccccc8cc7cc6cc5cc4cc3cc12. The van der Waals surface area contributed by atoms with Crippen LogP contribution >= 0.6 is 0 Å². The monoisotopic (exact) mass is 456 g/mol. The lowest BCUT2D eigenvalue weighted by atomic mass is 9.94. The fourth-order valence-electron chi connectivity index (χ4n) is 5.85. The molecule has 8 aromatic carbocycles. The minimum atomic E-state index is 0.736. The Morgan fingerprint density at radius 3 is 1.08 bits per heavy atom. The van der Waals surface area contributed by atoms with Crippen molar-refractivity contribution in [3.63, 3.8) is 0 Å². The summed E-state index contributed by atoms with van der Waals surface area (Å²) in [7, 11) is 0. The molecule has 0 fully saturated rings. The van der Waals surface area contributed by atoms with E-state index in [-0.39, 0.29) is 0 Å². The molecule has 0 bridgehead atoms. The summed E-state index contributed by atoms with van der Waals surface area (Å²) in [4.78, 5) is 11.6. The molecule has 0 N–H and O–H groups in total. The third kappa shape index (κ3) is 2.87. The molecule has 36 heavy (non-hydrogen) atoms. The molecule has 0 spiro atoms. The van der Waals surface area contributed by atoms with Crippen LogP contribution in [0.1, 0.15) is 10.4 Å². The van der Waals surface area contributed by atoms with Gasteiger partial charge in [0.2, 0.25) is 0 Å². The first-order valence-corrected chi connectivity index (χ1v) is 12.3. The number of hydrogen-bond acceptors (Lipinski definition) is 1. The molecular weight excluding hydrogens is 436 g/mol. The number of hydrogen-bond donors (Lipinski definition) is 0. The third-order valence-corrected chi connectivity index (χ3v) is 7.68. The molecule has 8 aromatic rings. The number of carbonyl (C=O) groups is 1. The van der Waals surface area contributed by atoms with Gasteiger partial charge in [-0.15, -0.1) is 0 Å². The molecule has 0 amide bonds. The maximum atomic E-state index is 11.6. The highest BCUT2D eigenvalue weighted by atomic mass is 16.1. The van der Waals surface area contributed by atoms with Crippen molar-refractivity contribution < 1.29 is 4.79 Å². The molecule has 0 aliphatic rings. The number of fused-ring (bicyclic) bond motifs is 7. The van der Waals surface area contributed by atoms with Gasteiger partial charge in [-0.25, -0.2) is 0 Å². The van der Waals surface area contributed by atoms with Crippen molar-refractivity contribution in [2.45, 2.75) is 0 Å². The zero-order valence-electron chi connectivity index (χ0n) is 19.5. The zero-order valence-corrected chi connectivity index (χ0v) is 19.5. The highest BCUT2D eigenvalue weighted by Gasteiger charge is 2.08. The molecule has 8 rings (SSSR count). The van der Waals surface area contributed by atoms with Crippen LogP contribution in [0.15, 0.2) is 115 Å². The second kappa shape index (κ2) is 7.13. The van der Waals surface area contributed by atoms with Gasteiger partial charge in [-0.05, 0) is 148 Å². The van der Waals surface area contributed by atoms with Crippen molar-refractivity contribution in [3.05, 3.63) is 121 Å². The van der Waals surface area contributed by atoms with E-state index in [4.69, 9.17) is 0 Å². The van der Waals surface area contributed by atoms with Crippen molar-refractivity contribution in [2.75, 3.05) is 0 Å². The van der Waals surface area contributed by atoms with Gasteiger partial charge in [0.25, 0.3) is 0 Å². The molecule has 0 aliphatic carbocycles. The molecule has 0 radical (unpaired) electrons.